The van der Waals surface area contributed by atoms with Crippen molar-refractivity contribution in [2.24, 2.45) is 7.05 Å². The zero-order valence-corrected chi connectivity index (χ0v) is 9.29. The van der Waals surface area contributed by atoms with Gasteiger partial charge in [0.1, 0.15) is 5.76 Å². The van der Waals surface area contributed by atoms with Crippen LogP contribution in [0.15, 0.2) is 35.0 Å². The molecule has 0 spiro atoms. The molecule has 0 bridgehead atoms. The Bertz CT molecular complexity index is 393. The summed E-state index contributed by atoms with van der Waals surface area (Å²) in [6.07, 6.45) is 4.11. The number of nitrogens with one attached hydrogen (secondary N) is 1. The van der Waals surface area contributed by atoms with E-state index in [1.807, 2.05) is 23.9 Å². The Morgan fingerprint density at radius 1 is 1.33 bits per heavy atom. The number of nitrogens with zero attached hydrogens (tertiary/aromatic N) is 1. The highest BCUT2D eigenvalue weighted by Gasteiger charge is 1.99. The van der Waals surface area contributed by atoms with Gasteiger partial charge in [0.25, 0.3) is 0 Å². The van der Waals surface area contributed by atoms with Gasteiger partial charge in [0.2, 0.25) is 0 Å². The monoisotopic (exact) mass is 224 g/mol. The molecule has 80 valence electrons. The molecule has 0 aliphatic carbocycles. The van der Waals surface area contributed by atoms with Gasteiger partial charge < -0.3 is 14.3 Å². The highest BCUT2D eigenvalue weighted by Crippen LogP contribution is 2.12. The molecule has 2 rings (SSSR count). The summed E-state index contributed by atoms with van der Waals surface area (Å²) in [6, 6.07) is 5.71. The Hall–Kier alpha value is -1.19. The van der Waals surface area contributed by atoms with Crippen molar-refractivity contribution in [1.29, 1.82) is 0 Å². The summed E-state index contributed by atoms with van der Waals surface area (Å²) >= 11 is 5.66. The van der Waals surface area contributed by atoms with Gasteiger partial charge in [-0.05, 0) is 35.4 Å². The quantitative estimate of drug-likeness (QED) is 0.865. The van der Waals surface area contributed by atoms with Gasteiger partial charge in [0.05, 0.1) is 6.54 Å². The van der Waals surface area contributed by atoms with Crippen molar-refractivity contribution in [3.05, 3.63) is 47.1 Å². The zero-order chi connectivity index (χ0) is 10.7. The first-order chi connectivity index (χ1) is 7.24. The van der Waals surface area contributed by atoms with E-state index in [1.165, 1.54) is 5.56 Å². The number of halogens is 1. The summed E-state index contributed by atoms with van der Waals surface area (Å²) in [6.45, 7) is 1.53. The second kappa shape index (κ2) is 4.55. The molecule has 0 fully saturated rings. The van der Waals surface area contributed by atoms with Crippen LogP contribution in [0, 0.1) is 0 Å². The van der Waals surface area contributed by atoms with E-state index in [2.05, 4.69) is 17.6 Å². The topological polar surface area (TPSA) is 30.1 Å². The average molecular weight is 225 g/mol. The van der Waals surface area contributed by atoms with Crippen LogP contribution in [0.3, 0.4) is 0 Å². The molecule has 0 radical (unpaired) electrons. The van der Waals surface area contributed by atoms with Gasteiger partial charge in [-0.2, -0.15) is 0 Å². The molecule has 0 saturated heterocycles. The number of hydrogen-bond donors (Lipinski definition) is 1. The smallest absolute Gasteiger partial charge is 0.193 e. The molecule has 15 heavy (non-hydrogen) atoms. The molecule has 0 atom stereocenters. The van der Waals surface area contributed by atoms with E-state index < -0.39 is 0 Å². The van der Waals surface area contributed by atoms with Crippen LogP contribution >= 0.6 is 11.6 Å². The molecule has 0 saturated carbocycles. The minimum atomic E-state index is 0.437. The van der Waals surface area contributed by atoms with Crippen LogP contribution in [0.5, 0.6) is 0 Å². The molecule has 0 unspecified atom stereocenters. The van der Waals surface area contributed by atoms with E-state index in [4.69, 9.17) is 16.0 Å². The molecule has 1 N–H and O–H groups in total. The van der Waals surface area contributed by atoms with Gasteiger partial charge in [0, 0.05) is 26.0 Å². The number of furan rings is 1. The maximum Gasteiger partial charge on any atom is 0.193 e. The van der Waals surface area contributed by atoms with Crippen molar-refractivity contribution in [3.8, 4) is 0 Å². The number of hydrogen-bond acceptors (Lipinski definition) is 2. The van der Waals surface area contributed by atoms with Gasteiger partial charge in [-0.15, -0.1) is 0 Å². The minimum Gasteiger partial charge on any atom is -0.448 e. The first-order valence-corrected chi connectivity index (χ1v) is 5.17. The average Bonchev–Trinajstić information content (AvgIpc) is 2.76. The first-order valence-electron chi connectivity index (χ1n) is 4.80. The molecule has 0 aromatic carbocycles. The Kier molecular flexibility index (Phi) is 3.14. The highest BCUT2D eigenvalue weighted by atomic mass is 35.5. The van der Waals surface area contributed by atoms with E-state index >= 15 is 0 Å². The van der Waals surface area contributed by atoms with Gasteiger partial charge in [-0.3, -0.25) is 0 Å². The lowest BCUT2D eigenvalue weighted by atomic mass is 10.3. The van der Waals surface area contributed by atoms with Crippen LogP contribution in [0.25, 0.3) is 0 Å². The van der Waals surface area contributed by atoms with Crippen LogP contribution < -0.4 is 5.32 Å². The standard InChI is InChI=1S/C11H13ClN2O/c1-14-5-4-9(8-14)6-13-7-10-2-3-11(12)15-10/h2-5,8,13H,6-7H2,1H3. The summed E-state index contributed by atoms with van der Waals surface area (Å²) in [5, 5.41) is 3.72. The van der Waals surface area contributed by atoms with Crippen molar-refractivity contribution >= 4 is 11.6 Å². The van der Waals surface area contributed by atoms with E-state index in [-0.39, 0.29) is 0 Å². The van der Waals surface area contributed by atoms with Crippen molar-refractivity contribution in [2.45, 2.75) is 13.1 Å². The molecule has 2 aromatic heterocycles. The summed E-state index contributed by atoms with van der Waals surface area (Å²) in [7, 11) is 2.01. The van der Waals surface area contributed by atoms with E-state index in [0.29, 0.717) is 11.8 Å². The van der Waals surface area contributed by atoms with Crippen LogP contribution in [-0.4, -0.2) is 4.57 Å². The van der Waals surface area contributed by atoms with Crippen molar-refractivity contribution in [3.63, 3.8) is 0 Å². The number of aromatic nitrogens is 1. The van der Waals surface area contributed by atoms with Gasteiger partial charge in [-0.25, -0.2) is 0 Å². The lowest BCUT2D eigenvalue weighted by Crippen LogP contribution is -2.11. The largest absolute Gasteiger partial charge is 0.448 e. The Balaban J connectivity index is 1.80. The van der Waals surface area contributed by atoms with Crippen LogP contribution in [0.1, 0.15) is 11.3 Å². The molecule has 4 heteroatoms. The maximum atomic E-state index is 5.66. The zero-order valence-electron chi connectivity index (χ0n) is 8.53. The SMILES string of the molecule is Cn1ccc(CNCc2ccc(Cl)o2)c1. The lowest BCUT2D eigenvalue weighted by molar-refractivity contribution is 0.484. The normalized spacial score (nSPS) is 10.8. The van der Waals surface area contributed by atoms with Gasteiger partial charge >= 0.3 is 0 Å². The fourth-order valence-corrected chi connectivity index (χ4v) is 1.60. The highest BCUT2D eigenvalue weighted by molar-refractivity contribution is 6.28. The fourth-order valence-electron chi connectivity index (χ4n) is 1.44. The minimum absolute atomic E-state index is 0.437. The van der Waals surface area contributed by atoms with Crippen LogP contribution in [0.2, 0.25) is 5.22 Å². The van der Waals surface area contributed by atoms with Crippen molar-refractivity contribution in [1.82, 2.24) is 9.88 Å². The van der Waals surface area contributed by atoms with Crippen LogP contribution in [-0.2, 0) is 20.1 Å². The maximum absolute atomic E-state index is 5.66. The molecule has 2 heterocycles. The molecular weight excluding hydrogens is 212 g/mol. The third-order valence-electron chi connectivity index (χ3n) is 2.15. The Morgan fingerprint density at radius 2 is 2.20 bits per heavy atom. The van der Waals surface area contributed by atoms with Crippen LogP contribution in [0.4, 0.5) is 0 Å². The van der Waals surface area contributed by atoms with E-state index in [9.17, 15) is 0 Å². The van der Waals surface area contributed by atoms with Crippen molar-refractivity contribution < 1.29 is 4.42 Å². The third-order valence-corrected chi connectivity index (χ3v) is 2.35. The lowest BCUT2D eigenvalue weighted by Gasteiger charge is -1.99. The second-order valence-electron chi connectivity index (χ2n) is 3.49. The second-order valence-corrected chi connectivity index (χ2v) is 3.87. The molecule has 0 aliphatic rings. The summed E-state index contributed by atoms with van der Waals surface area (Å²) in [5.41, 5.74) is 1.26. The van der Waals surface area contributed by atoms with E-state index in [1.54, 1.807) is 6.07 Å². The predicted molar refractivity (Wildman–Crippen MR) is 59.7 cm³/mol. The molecular formula is C11H13ClN2O. The van der Waals surface area contributed by atoms with E-state index in [0.717, 1.165) is 12.3 Å². The third kappa shape index (κ3) is 2.88. The number of aryl methyl sites for hydroxylation is 1. The Morgan fingerprint density at radius 3 is 2.80 bits per heavy atom. The van der Waals surface area contributed by atoms with Crippen molar-refractivity contribution in [2.75, 3.05) is 0 Å². The summed E-state index contributed by atoms with van der Waals surface area (Å²) in [4.78, 5) is 0. The van der Waals surface area contributed by atoms with Gasteiger partial charge in [-0.1, -0.05) is 0 Å². The summed E-state index contributed by atoms with van der Waals surface area (Å²) < 4.78 is 7.25. The predicted octanol–water partition coefficient (Wildman–Crippen LogP) is 2.56. The Labute approximate surface area is 93.6 Å². The number of rotatable bonds is 4. The van der Waals surface area contributed by atoms with Gasteiger partial charge in [0.15, 0.2) is 5.22 Å². The summed E-state index contributed by atoms with van der Waals surface area (Å²) in [5.74, 6) is 0.857. The fraction of sp³-hybridized carbons (Fsp3) is 0.273. The molecule has 2 aromatic rings. The molecule has 3 nitrogen and oxygen atoms in total. The first kappa shape index (κ1) is 10.3. The molecule has 0 amide bonds. The molecule has 0 aliphatic heterocycles.